The van der Waals surface area contributed by atoms with E-state index in [1.807, 2.05) is 24.3 Å². The van der Waals surface area contributed by atoms with Crippen molar-refractivity contribution in [1.29, 1.82) is 0 Å². The van der Waals surface area contributed by atoms with E-state index < -0.39 is 0 Å². The van der Waals surface area contributed by atoms with E-state index in [0.29, 0.717) is 41.7 Å². The fourth-order valence-corrected chi connectivity index (χ4v) is 2.46. The molecule has 0 saturated heterocycles. The first-order valence-corrected chi connectivity index (χ1v) is 8.60. The third kappa shape index (κ3) is 7.72. The zero-order valence-electron chi connectivity index (χ0n) is 15.2. The molecule has 0 aliphatic heterocycles. The minimum atomic E-state index is -0.388. The predicted octanol–water partition coefficient (Wildman–Crippen LogP) is 3.50. The average molecular weight is 505 g/mol. The molecule has 3 N–H and O–H groups in total. The molecule has 0 unspecified atom stereocenters. The van der Waals surface area contributed by atoms with Crippen LogP contribution in [0.15, 0.2) is 47.5 Å². The van der Waals surface area contributed by atoms with Crippen molar-refractivity contribution in [2.75, 3.05) is 20.1 Å². The molecule has 0 aliphatic carbocycles. The summed E-state index contributed by atoms with van der Waals surface area (Å²) in [6, 6.07) is 12.0. The average Bonchev–Trinajstić information content (AvgIpc) is 2.63. The van der Waals surface area contributed by atoms with Gasteiger partial charge >= 0.3 is 0 Å². The maximum Gasteiger partial charge on any atom is 0.251 e. The van der Waals surface area contributed by atoms with Crippen LogP contribution in [0.5, 0.6) is 0 Å². The molecule has 2 rings (SSSR count). The molecule has 5 nitrogen and oxygen atoms in total. The van der Waals surface area contributed by atoms with Gasteiger partial charge in [-0.3, -0.25) is 9.79 Å². The minimum absolute atomic E-state index is 0. The lowest BCUT2D eigenvalue weighted by Gasteiger charge is -2.12. The second kappa shape index (κ2) is 11.8. The van der Waals surface area contributed by atoms with Gasteiger partial charge in [-0.05, 0) is 42.3 Å². The van der Waals surface area contributed by atoms with Gasteiger partial charge in [0.2, 0.25) is 0 Å². The smallest absolute Gasteiger partial charge is 0.251 e. The van der Waals surface area contributed by atoms with Crippen LogP contribution in [0.2, 0.25) is 5.02 Å². The molecular weight excluding hydrogens is 482 g/mol. The van der Waals surface area contributed by atoms with Gasteiger partial charge in [-0.2, -0.15) is 0 Å². The molecule has 146 valence electrons. The van der Waals surface area contributed by atoms with E-state index in [4.69, 9.17) is 11.6 Å². The fourth-order valence-electron chi connectivity index (χ4n) is 2.25. The number of carbonyl (C=O) groups excluding carboxylic acids is 1. The molecule has 0 aliphatic rings. The Hall–Kier alpha value is -1.87. The molecule has 0 bridgehead atoms. The van der Waals surface area contributed by atoms with Crippen molar-refractivity contribution in [3.05, 3.63) is 70.0 Å². The lowest BCUT2D eigenvalue weighted by atomic mass is 10.1. The normalized spacial score (nSPS) is 10.7. The zero-order chi connectivity index (χ0) is 18.9. The fraction of sp³-hybridized carbons (Fsp3) is 0.263. The van der Waals surface area contributed by atoms with Gasteiger partial charge in [-0.15, -0.1) is 24.0 Å². The highest BCUT2D eigenvalue weighted by Gasteiger charge is 2.07. The highest BCUT2D eigenvalue weighted by molar-refractivity contribution is 14.0. The largest absolute Gasteiger partial charge is 0.355 e. The summed E-state index contributed by atoms with van der Waals surface area (Å²) < 4.78 is 13.5. The molecule has 0 radical (unpaired) electrons. The number of aryl methyl sites for hydroxylation is 1. The first kappa shape index (κ1) is 23.2. The van der Waals surface area contributed by atoms with Crippen LogP contribution in [-0.4, -0.2) is 32.0 Å². The van der Waals surface area contributed by atoms with Gasteiger partial charge in [0.05, 0.1) is 0 Å². The number of hydrogen-bond donors (Lipinski definition) is 3. The number of carbonyl (C=O) groups is 1. The molecule has 8 heteroatoms. The summed E-state index contributed by atoms with van der Waals surface area (Å²) in [7, 11) is 1.67. The Morgan fingerprint density at radius 1 is 1.11 bits per heavy atom. The van der Waals surface area contributed by atoms with Crippen LogP contribution in [0, 0.1) is 12.7 Å². The van der Waals surface area contributed by atoms with Crippen molar-refractivity contribution in [1.82, 2.24) is 16.0 Å². The Kier molecular flexibility index (Phi) is 10.1. The van der Waals surface area contributed by atoms with Gasteiger partial charge in [0.1, 0.15) is 5.82 Å². The Balaban J connectivity index is 0.00000364. The van der Waals surface area contributed by atoms with Crippen LogP contribution in [-0.2, 0) is 6.54 Å². The van der Waals surface area contributed by atoms with E-state index in [0.717, 1.165) is 5.56 Å². The van der Waals surface area contributed by atoms with Crippen molar-refractivity contribution in [2.24, 2.45) is 4.99 Å². The number of nitrogens with one attached hydrogen (secondary N) is 3. The van der Waals surface area contributed by atoms with E-state index in [2.05, 4.69) is 20.9 Å². The van der Waals surface area contributed by atoms with Gasteiger partial charge < -0.3 is 16.0 Å². The second-order valence-corrected chi connectivity index (χ2v) is 6.14. The first-order valence-electron chi connectivity index (χ1n) is 8.23. The third-order valence-corrected chi connectivity index (χ3v) is 3.94. The number of guanidine groups is 1. The van der Waals surface area contributed by atoms with Crippen molar-refractivity contribution in [3.8, 4) is 0 Å². The van der Waals surface area contributed by atoms with Gasteiger partial charge in [-0.1, -0.05) is 29.8 Å². The quantitative estimate of drug-likeness (QED) is 0.244. The molecule has 0 saturated carbocycles. The number of benzene rings is 2. The molecule has 2 aromatic carbocycles. The van der Waals surface area contributed by atoms with Crippen LogP contribution in [0.25, 0.3) is 0 Å². The number of rotatable bonds is 6. The third-order valence-electron chi connectivity index (χ3n) is 3.71. The lowest BCUT2D eigenvalue weighted by molar-refractivity contribution is 0.0954. The van der Waals surface area contributed by atoms with Crippen LogP contribution < -0.4 is 16.0 Å². The van der Waals surface area contributed by atoms with Crippen LogP contribution in [0.1, 0.15) is 21.5 Å². The molecular formula is C19H23ClFIN4O. The molecule has 0 spiro atoms. The predicted molar refractivity (Wildman–Crippen MR) is 119 cm³/mol. The van der Waals surface area contributed by atoms with E-state index >= 15 is 0 Å². The van der Waals surface area contributed by atoms with Gasteiger partial charge in [-0.25, -0.2) is 4.39 Å². The summed E-state index contributed by atoms with van der Waals surface area (Å²) in [6.45, 7) is 3.10. The molecule has 0 heterocycles. The zero-order valence-corrected chi connectivity index (χ0v) is 18.3. The van der Waals surface area contributed by atoms with Crippen molar-refractivity contribution < 1.29 is 9.18 Å². The number of halogens is 3. The lowest BCUT2D eigenvalue weighted by Crippen LogP contribution is -2.41. The Bertz CT molecular complexity index is 801. The Labute approximate surface area is 180 Å². The molecule has 2 aromatic rings. The maximum absolute atomic E-state index is 13.5. The second-order valence-electron chi connectivity index (χ2n) is 5.70. The van der Waals surface area contributed by atoms with E-state index in [1.54, 1.807) is 26.1 Å². The highest BCUT2D eigenvalue weighted by Crippen LogP contribution is 2.10. The molecule has 0 atom stereocenters. The summed E-state index contributed by atoms with van der Waals surface area (Å²) >= 11 is 5.96. The molecule has 27 heavy (non-hydrogen) atoms. The standard InChI is InChI=1S/C19H22ClFN4O.HI/c1-13-6-7-15(11-17(13)21)18(26)23-8-9-24-19(22-2)25-12-14-4-3-5-16(20)10-14;/h3-7,10-11H,8-9,12H2,1-2H3,(H,23,26)(H2,22,24,25);1H. The van der Waals surface area contributed by atoms with E-state index in [-0.39, 0.29) is 35.7 Å². The van der Waals surface area contributed by atoms with Crippen LogP contribution >= 0.6 is 35.6 Å². The van der Waals surface area contributed by atoms with Gasteiger partial charge in [0.15, 0.2) is 5.96 Å². The minimum Gasteiger partial charge on any atom is -0.355 e. The summed E-state index contributed by atoms with van der Waals surface area (Å²) in [6.07, 6.45) is 0. The molecule has 0 fully saturated rings. The van der Waals surface area contributed by atoms with Crippen molar-refractivity contribution in [3.63, 3.8) is 0 Å². The topological polar surface area (TPSA) is 65.5 Å². The summed E-state index contributed by atoms with van der Waals surface area (Å²) in [4.78, 5) is 16.1. The number of nitrogens with zero attached hydrogens (tertiary/aromatic N) is 1. The number of aliphatic imine (C=N–C) groups is 1. The van der Waals surface area contributed by atoms with Crippen LogP contribution in [0.4, 0.5) is 4.39 Å². The number of amides is 1. The van der Waals surface area contributed by atoms with Gasteiger partial charge in [0.25, 0.3) is 5.91 Å². The summed E-state index contributed by atoms with van der Waals surface area (Å²) in [5, 5.41) is 9.68. The molecule has 1 amide bonds. The van der Waals surface area contributed by atoms with Crippen molar-refractivity contribution >= 4 is 47.4 Å². The van der Waals surface area contributed by atoms with Crippen molar-refractivity contribution in [2.45, 2.75) is 13.5 Å². The molecule has 0 aromatic heterocycles. The summed E-state index contributed by atoms with van der Waals surface area (Å²) in [5.41, 5.74) is 1.85. The van der Waals surface area contributed by atoms with Gasteiger partial charge in [0, 0.05) is 37.3 Å². The monoisotopic (exact) mass is 504 g/mol. The van der Waals surface area contributed by atoms with Crippen LogP contribution in [0.3, 0.4) is 0 Å². The number of hydrogen-bond acceptors (Lipinski definition) is 2. The summed E-state index contributed by atoms with van der Waals surface area (Å²) in [5.74, 6) is -0.0884. The Morgan fingerprint density at radius 3 is 2.52 bits per heavy atom. The van der Waals surface area contributed by atoms with E-state index in [9.17, 15) is 9.18 Å². The highest BCUT2D eigenvalue weighted by atomic mass is 127. The maximum atomic E-state index is 13.5. The first-order chi connectivity index (χ1) is 12.5. The Morgan fingerprint density at radius 2 is 1.85 bits per heavy atom. The SMILES string of the molecule is CN=C(NCCNC(=O)c1ccc(C)c(F)c1)NCc1cccc(Cl)c1.I. The van der Waals surface area contributed by atoms with E-state index in [1.165, 1.54) is 6.07 Å².